The maximum Gasteiger partial charge on any atom is 0.000196 e. The third kappa shape index (κ3) is 5.03. The van der Waals surface area contributed by atoms with Gasteiger partial charge in [-0.2, -0.15) is 0 Å². The summed E-state index contributed by atoms with van der Waals surface area (Å²) >= 11 is 0. The van der Waals surface area contributed by atoms with Gasteiger partial charge in [0.25, 0.3) is 0 Å². The molecular formula is C44H47. The third-order valence-electron chi connectivity index (χ3n) is 9.40. The van der Waals surface area contributed by atoms with E-state index in [2.05, 4.69) is 160 Å². The van der Waals surface area contributed by atoms with Crippen LogP contribution in [0, 0.1) is 11.3 Å². The molecule has 1 atom stereocenters. The monoisotopic (exact) mass is 575 g/mol. The van der Waals surface area contributed by atoms with E-state index in [1.54, 1.807) is 0 Å². The van der Waals surface area contributed by atoms with E-state index >= 15 is 0 Å². The molecule has 223 valence electrons. The number of benzene rings is 4. The first-order valence-corrected chi connectivity index (χ1v) is 16.1. The predicted molar refractivity (Wildman–Crippen MR) is 192 cm³/mol. The molecule has 4 aromatic carbocycles. The van der Waals surface area contributed by atoms with E-state index in [0.717, 1.165) is 5.22 Å². The molecule has 0 N–H and O–H groups in total. The molecule has 2 aliphatic rings. The average Bonchev–Trinajstić information content (AvgIpc) is 3.52. The standard InChI is InChI=1S/C44H47/c1-27-22-32(42(3,4)5)25-34(27)39-36-24-31-23-33(43(6,7)8)26-35(29-18-14-12-15-19-29)38(31)40(36)37(30-20-16-13-17-21-30)28(2)41(39)44(9,10)11/h12-23,25-27H,2H2,1,3-11H3. The van der Waals surface area contributed by atoms with Crippen LogP contribution in [0.15, 0.2) is 90.5 Å². The summed E-state index contributed by atoms with van der Waals surface area (Å²) in [5.41, 5.74) is 15.4. The van der Waals surface area contributed by atoms with Gasteiger partial charge in [-0.3, -0.25) is 0 Å². The second-order valence-corrected chi connectivity index (χ2v) is 15.9. The van der Waals surface area contributed by atoms with Crippen LogP contribution in [0.4, 0.5) is 0 Å². The summed E-state index contributed by atoms with van der Waals surface area (Å²) < 4.78 is 0. The first kappa shape index (κ1) is 30.1. The van der Waals surface area contributed by atoms with Gasteiger partial charge in [0.05, 0.1) is 0 Å². The van der Waals surface area contributed by atoms with Crippen molar-refractivity contribution in [1.82, 2.24) is 0 Å². The van der Waals surface area contributed by atoms with Crippen molar-refractivity contribution in [2.45, 2.75) is 80.1 Å². The number of allylic oxidation sites excluding steroid dienone is 4. The van der Waals surface area contributed by atoms with E-state index in [0.29, 0.717) is 5.92 Å². The zero-order chi connectivity index (χ0) is 31.8. The van der Waals surface area contributed by atoms with Crippen molar-refractivity contribution in [3.05, 3.63) is 123 Å². The van der Waals surface area contributed by atoms with Gasteiger partial charge in [-0.05, 0) is 112 Å². The number of fused-ring (bicyclic) bond motifs is 3. The summed E-state index contributed by atoms with van der Waals surface area (Å²) in [5.74, 6) is 0.306. The van der Waals surface area contributed by atoms with Crippen molar-refractivity contribution in [2.24, 2.45) is 11.3 Å². The minimum atomic E-state index is -0.120. The van der Waals surface area contributed by atoms with Gasteiger partial charge in [0, 0.05) is 5.92 Å². The van der Waals surface area contributed by atoms with Crippen LogP contribution >= 0.6 is 0 Å². The molecule has 0 bridgehead atoms. The van der Waals surface area contributed by atoms with Gasteiger partial charge >= 0.3 is 0 Å². The fourth-order valence-electron chi connectivity index (χ4n) is 7.11. The Morgan fingerprint density at radius 2 is 1.23 bits per heavy atom. The van der Waals surface area contributed by atoms with Crippen LogP contribution in [0.5, 0.6) is 0 Å². The molecule has 1 unspecified atom stereocenters. The van der Waals surface area contributed by atoms with Crippen molar-refractivity contribution in [1.29, 1.82) is 0 Å². The van der Waals surface area contributed by atoms with Crippen LogP contribution in [-0.2, 0) is 10.8 Å². The summed E-state index contributed by atoms with van der Waals surface area (Å²) in [5, 5.41) is 2.35. The molecule has 0 spiro atoms. The summed E-state index contributed by atoms with van der Waals surface area (Å²) in [6, 6.07) is 26.6. The van der Waals surface area contributed by atoms with E-state index in [-0.39, 0.29) is 16.2 Å². The lowest BCUT2D eigenvalue weighted by Gasteiger charge is -2.29. The van der Waals surface area contributed by atoms with E-state index in [1.807, 2.05) is 0 Å². The van der Waals surface area contributed by atoms with Crippen LogP contribution in [0.2, 0.25) is 0 Å². The number of hydrogen-bond acceptors (Lipinski definition) is 0. The average molecular weight is 576 g/mol. The van der Waals surface area contributed by atoms with Gasteiger partial charge in [-0.25, -0.2) is 0 Å². The van der Waals surface area contributed by atoms with Gasteiger partial charge in [0.2, 0.25) is 0 Å². The van der Waals surface area contributed by atoms with E-state index in [1.165, 1.54) is 72.0 Å². The summed E-state index contributed by atoms with van der Waals surface area (Å²) in [7, 11) is 0. The van der Waals surface area contributed by atoms with Gasteiger partial charge in [0.1, 0.15) is 0 Å². The van der Waals surface area contributed by atoms with Gasteiger partial charge in [0.15, 0.2) is 0 Å². The zero-order valence-corrected chi connectivity index (χ0v) is 28.4. The molecule has 2 aliphatic carbocycles. The Morgan fingerprint density at radius 3 is 1.75 bits per heavy atom. The first-order valence-electron chi connectivity index (χ1n) is 16.1. The molecular weight excluding hydrogens is 528 g/mol. The highest BCUT2D eigenvalue weighted by atomic mass is 14.4. The second kappa shape index (κ2) is 10.3. The van der Waals surface area contributed by atoms with Gasteiger partial charge < -0.3 is 0 Å². The van der Waals surface area contributed by atoms with Crippen molar-refractivity contribution < 1.29 is 0 Å². The first-order chi connectivity index (χ1) is 20.6. The minimum absolute atomic E-state index is 0.00215. The van der Waals surface area contributed by atoms with Crippen LogP contribution in [0.1, 0.15) is 91.5 Å². The van der Waals surface area contributed by atoms with Crippen molar-refractivity contribution >= 4 is 18.2 Å². The quantitative estimate of drug-likeness (QED) is 0.201. The van der Waals surface area contributed by atoms with Gasteiger partial charge in [-0.1, -0.05) is 149 Å². The summed E-state index contributed by atoms with van der Waals surface area (Å²) in [6.07, 6.45) is 9.02. The Morgan fingerprint density at radius 1 is 0.636 bits per heavy atom. The molecule has 0 saturated heterocycles. The molecule has 0 nitrogen and oxygen atoms in total. The zero-order valence-electron chi connectivity index (χ0n) is 28.4. The minimum Gasteiger partial charge on any atom is -0.0908 e. The molecule has 1 radical (unpaired) electrons. The van der Waals surface area contributed by atoms with Crippen LogP contribution in [0.3, 0.4) is 0 Å². The lowest BCUT2D eigenvalue weighted by molar-refractivity contribution is 0.516. The highest BCUT2D eigenvalue weighted by Crippen LogP contribution is 2.47. The highest BCUT2D eigenvalue weighted by molar-refractivity contribution is 6.03. The normalized spacial score (nSPS) is 16.3. The molecule has 0 saturated carbocycles. The van der Waals surface area contributed by atoms with Crippen LogP contribution in [-0.4, -0.2) is 0 Å². The molecule has 0 heteroatoms. The second-order valence-electron chi connectivity index (χ2n) is 15.9. The Bertz CT molecular complexity index is 1940. The van der Waals surface area contributed by atoms with E-state index < -0.39 is 0 Å². The summed E-state index contributed by atoms with van der Waals surface area (Å²) in [4.78, 5) is 0. The molecule has 4 aromatic rings. The molecule has 0 aromatic heterocycles. The highest BCUT2D eigenvalue weighted by Gasteiger charge is 2.34. The Kier molecular flexibility index (Phi) is 7.08. The molecule has 0 aliphatic heterocycles. The maximum absolute atomic E-state index is 4.93. The SMILES string of the molecule is C=c1c(-c2ccccc2)c2c(c(C3=CC(C(C)(C)C)=CC3C)c1C(C)(C)C)=[C]c1cc(C(C)(C)C)cc(-c3ccccc3)c1-2. The molecule has 44 heavy (non-hydrogen) atoms. The molecule has 6 rings (SSSR count). The fourth-order valence-corrected chi connectivity index (χ4v) is 7.11. The van der Waals surface area contributed by atoms with Crippen LogP contribution < -0.4 is 10.4 Å². The molecule has 0 fully saturated rings. The third-order valence-corrected chi connectivity index (χ3v) is 9.40. The fraction of sp³-hybridized carbons (Fsp3) is 0.318. The Balaban J connectivity index is 1.83. The van der Waals surface area contributed by atoms with Crippen molar-refractivity contribution in [2.75, 3.05) is 0 Å². The van der Waals surface area contributed by atoms with Crippen LogP contribution in [0.25, 0.3) is 51.6 Å². The van der Waals surface area contributed by atoms with E-state index in [9.17, 15) is 0 Å². The van der Waals surface area contributed by atoms with Crippen molar-refractivity contribution in [3.8, 4) is 33.4 Å². The lowest BCUT2D eigenvalue weighted by Crippen LogP contribution is -2.32. The van der Waals surface area contributed by atoms with Gasteiger partial charge in [-0.15, -0.1) is 0 Å². The summed E-state index contributed by atoms with van der Waals surface area (Å²) in [6.45, 7) is 28.2. The van der Waals surface area contributed by atoms with Crippen molar-refractivity contribution in [3.63, 3.8) is 0 Å². The molecule has 0 heterocycles. The lowest BCUT2D eigenvalue weighted by atomic mass is 9.74. The maximum atomic E-state index is 4.93. The largest absolute Gasteiger partial charge is 0.0908 e. The van der Waals surface area contributed by atoms with E-state index in [4.69, 9.17) is 6.58 Å². The number of rotatable bonds is 3. The number of hydrogen-bond donors (Lipinski definition) is 0. The predicted octanol–water partition coefficient (Wildman–Crippen LogP) is 10.7. The Hall–Kier alpha value is -3.90. The smallest absolute Gasteiger partial charge is 0.000196 e. The molecule has 0 amide bonds. The topological polar surface area (TPSA) is 0 Å². The Labute approximate surface area is 265 Å².